The minimum Gasteiger partial charge on any atom is -0.489 e. The zero-order valence-corrected chi connectivity index (χ0v) is 36.5. The number of nitrogens with zero attached hydrogens (tertiary/aromatic N) is 2. The molecule has 2 heterocycles. The van der Waals surface area contributed by atoms with E-state index in [0.717, 1.165) is 45.4 Å². The van der Waals surface area contributed by atoms with Gasteiger partial charge in [-0.2, -0.15) is 0 Å². The molecule has 2 aliphatic heterocycles. The van der Waals surface area contributed by atoms with Gasteiger partial charge in [0.2, 0.25) is 12.0 Å². The van der Waals surface area contributed by atoms with Crippen LogP contribution in [0.25, 0.3) is 11.1 Å². The second kappa shape index (κ2) is 19.0. The molecule has 322 valence electrons. The highest BCUT2D eigenvalue weighted by Crippen LogP contribution is 2.43. The van der Waals surface area contributed by atoms with Crippen molar-refractivity contribution in [2.75, 3.05) is 19.1 Å². The molecule has 6 aromatic rings. The maximum atomic E-state index is 14.6. The normalized spacial score (nSPS) is 16.9. The predicted octanol–water partition coefficient (Wildman–Crippen LogP) is 10.3. The average Bonchev–Trinajstić information content (AvgIpc) is 3.30. The fourth-order valence-corrected chi connectivity index (χ4v) is 8.74. The van der Waals surface area contributed by atoms with E-state index in [1.54, 1.807) is 48.3 Å². The molecule has 63 heavy (non-hydrogen) atoms. The maximum Gasteiger partial charge on any atom is 0.328 e. The smallest absolute Gasteiger partial charge is 0.328 e. The van der Waals surface area contributed by atoms with Crippen molar-refractivity contribution < 1.29 is 33.0 Å². The summed E-state index contributed by atoms with van der Waals surface area (Å²) in [5.41, 5.74) is 7.68. The van der Waals surface area contributed by atoms with Gasteiger partial charge in [-0.15, -0.1) is 0 Å². The Bertz CT molecular complexity index is 2610. The Labute approximate surface area is 376 Å². The van der Waals surface area contributed by atoms with Gasteiger partial charge in [0.05, 0.1) is 28.9 Å². The van der Waals surface area contributed by atoms with Crippen molar-refractivity contribution in [2.45, 2.75) is 63.6 Å². The molecule has 2 amide bonds. The summed E-state index contributed by atoms with van der Waals surface area (Å²) >= 11 is 12.2. The van der Waals surface area contributed by atoms with Crippen LogP contribution in [0.3, 0.4) is 0 Å². The van der Waals surface area contributed by atoms with Gasteiger partial charge in [-0.1, -0.05) is 115 Å². The van der Waals surface area contributed by atoms with E-state index in [0.29, 0.717) is 52.4 Å². The molecule has 6 aromatic carbocycles. The van der Waals surface area contributed by atoms with Crippen molar-refractivity contribution in [1.29, 1.82) is 0 Å². The van der Waals surface area contributed by atoms with E-state index in [4.69, 9.17) is 37.4 Å². The number of ether oxygens (including phenoxy) is 3. The van der Waals surface area contributed by atoms with Crippen LogP contribution < -0.4 is 19.7 Å². The molecule has 2 aliphatic rings. The Morgan fingerprint density at radius 1 is 0.841 bits per heavy atom. The molecule has 0 fully saturated rings. The van der Waals surface area contributed by atoms with Crippen LogP contribution in [0.5, 0.6) is 11.5 Å². The van der Waals surface area contributed by atoms with Gasteiger partial charge in [0.1, 0.15) is 30.0 Å². The number of carbonyl (C=O) groups excluding carboxylic acids is 3. The largest absolute Gasteiger partial charge is 0.489 e. The van der Waals surface area contributed by atoms with E-state index in [1.807, 2.05) is 72.8 Å². The molecule has 0 spiro atoms. The Morgan fingerprint density at radius 3 is 2.19 bits per heavy atom. The Morgan fingerprint density at radius 2 is 1.52 bits per heavy atom. The molecule has 0 saturated carbocycles. The van der Waals surface area contributed by atoms with Crippen LogP contribution in [0.1, 0.15) is 58.9 Å². The standard InChI is InChI=1S/C51H46Cl2FN3O6/c1-4-44(35-8-6-5-7-9-35)57-29-38-28-47-45(56(2)50(59)48(63-47)36-17-21-40(22-18-36)62-30-32-12-23-41(52)42(53)24-32)26-37(38)27-46(57)49(58)55-43(51(60)61-3)25-31-10-13-33(14-11-31)34-15-19-39(54)20-16-34/h5-24,26,28,43-44,46,48H,4,25,27,29-30H2,1-3H3,(H,55,58)/t43-,44-,46-,48-/m0/s1. The van der Waals surface area contributed by atoms with Gasteiger partial charge < -0.3 is 24.4 Å². The van der Waals surface area contributed by atoms with Gasteiger partial charge in [-0.05, 0) is 100 Å². The fourth-order valence-electron chi connectivity index (χ4n) is 8.42. The van der Waals surface area contributed by atoms with Gasteiger partial charge >= 0.3 is 5.97 Å². The second-order valence-electron chi connectivity index (χ2n) is 15.8. The van der Waals surface area contributed by atoms with Crippen LogP contribution in [-0.4, -0.2) is 48.9 Å². The summed E-state index contributed by atoms with van der Waals surface area (Å²) in [6.45, 7) is 2.80. The van der Waals surface area contributed by atoms with Crippen molar-refractivity contribution >= 4 is 46.7 Å². The molecule has 0 aromatic heterocycles. The number of halogens is 3. The summed E-state index contributed by atoms with van der Waals surface area (Å²) in [5, 5.41) is 3.98. The molecule has 0 radical (unpaired) electrons. The van der Waals surface area contributed by atoms with Crippen molar-refractivity contribution in [3.63, 3.8) is 0 Å². The topological polar surface area (TPSA) is 97.4 Å². The number of nitrogens with one attached hydrogen (secondary N) is 1. The van der Waals surface area contributed by atoms with Crippen LogP contribution in [0.4, 0.5) is 10.1 Å². The summed E-state index contributed by atoms with van der Waals surface area (Å²) in [6.07, 6.45) is 0.365. The molecule has 0 saturated heterocycles. The summed E-state index contributed by atoms with van der Waals surface area (Å²) in [4.78, 5) is 45.6. The highest BCUT2D eigenvalue weighted by molar-refractivity contribution is 6.42. The Kier molecular flexibility index (Phi) is 13.1. The number of rotatable bonds is 13. The number of esters is 1. The predicted molar refractivity (Wildman–Crippen MR) is 242 cm³/mol. The van der Waals surface area contributed by atoms with Crippen LogP contribution in [-0.2, 0) is 45.1 Å². The number of methoxy groups -OCH3 is 1. The number of hydrogen-bond donors (Lipinski definition) is 1. The molecule has 12 heteroatoms. The van der Waals surface area contributed by atoms with E-state index < -0.39 is 24.2 Å². The maximum absolute atomic E-state index is 14.6. The van der Waals surface area contributed by atoms with E-state index >= 15 is 0 Å². The first-order chi connectivity index (χ1) is 30.5. The van der Waals surface area contributed by atoms with Crippen molar-refractivity contribution in [3.8, 4) is 22.6 Å². The summed E-state index contributed by atoms with van der Waals surface area (Å²) in [5.74, 6) is -0.234. The molecular weight excluding hydrogens is 840 g/mol. The number of carbonyl (C=O) groups is 3. The third-order valence-electron chi connectivity index (χ3n) is 11.8. The van der Waals surface area contributed by atoms with E-state index in [2.05, 4.69) is 29.3 Å². The summed E-state index contributed by atoms with van der Waals surface area (Å²) in [6, 6.07) is 38.7. The molecule has 0 unspecified atom stereocenters. The first-order valence-electron chi connectivity index (χ1n) is 20.8. The Hall–Kier alpha value is -6.20. The molecule has 0 aliphatic carbocycles. The SMILES string of the molecule is CC[C@@H](c1ccccc1)N1Cc2cc3c(cc2C[C@H]1C(=O)N[C@@H](Cc1ccc(-c2ccc(F)cc2)cc1)C(=O)OC)N(C)C(=O)[C@H](c1ccc(OCc2ccc(Cl)c(Cl)c2)cc1)O3. The number of anilines is 1. The molecular formula is C51H46Cl2FN3O6. The van der Waals surface area contributed by atoms with Crippen LogP contribution >= 0.6 is 23.2 Å². The summed E-state index contributed by atoms with van der Waals surface area (Å²) < 4.78 is 31.2. The van der Waals surface area contributed by atoms with Crippen molar-refractivity contribution in [1.82, 2.24) is 10.2 Å². The number of benzene rings is 6. The fraction of sp³-hybridized carbons (Fsp3) is 0.235. The summed E-state index contributed by atoms with van der Waals surface area (Å²) in [7, 11) is 3.04. The number of fused-ring (bicyclic) bond motifs is 2. The first kappa shape index (κ1) is 43.4. The van der Waals surface area contributed by atoms with Gasteiger partial charge in [-0.3, -0.25) is 14.5 Å². The van der Waals surface area contributed by atoms with E-state index in [-0.39, 0.29) is 30.1 Å². The highest BCUT2D eigenvalue weighted by Gasteiger charge is 2.40. The quantitative estimate of drug-likeness (QED) is 0.115. The molecule has 4 atom stereocenters. The van der Waals surface area contributed by atoms with Crippen molar-refractivity contribution in [3.05, 3.63) is 183 Å². The highest BCUT2D eigenvalue weighted by atomic mass is 35.5. The number of amides is 2. The monoisotopic (exact) mass is 885 g/mol. The van der Waals surface area contributed by atoms with Gasteiger partial charge in [-0.25, -0.2) is 9.18 Å². The van der Waals surface area contributed by atoms with Crippen LogP contribution in [0, 0.1) is 5.82 Å². The second-order valence-corrected chi connectivity index (χ2v) is 16.6. The lowest BCUT2D eigenvalue weighted by Gasteiger charge is -2.42. The third kappa shape index (κ3) is 9.59. The molecule has 1 N–H and O–H groups in total. The van der Waals surface area contributed by atoms with Gasteiger partial charge in [0, 0.05) is 31.6 Å². The van der Waals surface area contributed by atoms with E-state index in [1.165, 1.54) is 19.2 Å². The Balaban J connectivity index is 1.03. The number of likely N-dealkylation sites (N-methyl/N-ethyl adjacent to an activating group) is 1. The van der Waals surface area contributed by atoms with Crippen LogP contribution in [0.2, 0.25) is 10.0 Å². The van der Waals surface area contributed by atoms with Gasteiger partial charge in [0.25, 0.3) is 5.91 Å². The lowest BCUT2D eigenvalue weighted by Crippen LogP contribution is -2.55. The van der Waals surface area contributed by atoms with Crippen LogP contribution in [0.15, 0.2) is 133 Å². The third-order valence-corrected chi connectivity index (χ3v) is 12.6. The molecule has 9 nitrogen and oxygen atoms in total. The lowest BCUT2D eigenvalue weighted by atomic mass is 9.88. The zero-order valence-electron chi connectivity index (χ0n) is 35.0. The first-order valence-corrected chi connectivity index (χ1v) is 21.6. The lowest BCUT2D eigenvalue weighted by molar-refractivity contribution is -0.146. The van der Waals surface area contributed by atoms with E-state index in [9.17, 15) is 18.8 Å². The minimum atomic E-state index is -0.958. The minimum absolute atomic E-state index is 0.128. The molecule has 0 bridgehead atoms. The van der Waals surface area contributed by atoms with Gasteiger partial charge in [0.15, 0.2) is 0 Å². The van der Waals surface area contributed by atoms with Crippen molar-refractivity contribution in [2.24, 2.45) is 0 Å². The average molecular weight is 887 g/mol. The number of hydrogen-bond acceptors (Lipinski definition) is 7. The molecule has 8 rings (SSSR count). The zero-order chi connectivity index (χ0) is 44.2.